The highest BCUT2D eigenvalue weighted by Gasteiger charge is 2.11. The van der Waals surface area contributed by atoms with E-state index in [0.717, 1.165) is 6.54 Å². The Morgan fingerprint density at radius 1 is 1.33 bits per heavy atom. The highest BCUT2D eigenvalue weighted by molar-refractivity contribution is 4.87. The van der Waals surface area contributed by atoms with Crippen LogP contribution in [0, 0.1) is 0 Å². The maximum absolute atomic E-state index is 4.58. The fourth-order valence-corrected chi connectivity index (χ4v) is 1.59. The molecular weight excluding hydrogens is 146 g/mol. The molecule has 12 heavy (non-hydrogen) atoms. The fraction of sp³-hybridized carbons (Fsp3) is 0.818. The maximum Gasteiger partial charge on any atom is 0.0280 e. The Morgan fingerprint density at radius 2 is 2.25 bits per heavy atom. The minimum atomic E-state index is 0.645. The van der Waals surface area contributed by atoms with Crippen molar-refractivity contribution in [3.8, 4) is 0 Å². The van der Waals surface area contributed by atoms with Gasteiger partial charge in [0.05, 0.1) is 0 Å². The van der Waals surface area contributed by atoms with Crippen molar-refractivity contribution >= 4 is 0 Å². The lowest BCUT2D eigenvalue weighted by Gasteiger charge is -2.19. The van der Waals surface area contributed by atoms with E-state index in [4.69, 9.17) is 0 Å². The summed E-state index contributed by atoms with van der Waals surface area (Å²) in [7, 11) is 0. The van der Waals surface area contributed by atoms with Gasteiger partial charge in [-0.05, 0) is 25.7 Å². The van der Waals surface area contributed by atoms with Gasteiger partial charge in [-0.1, -0.05) is 31.9 Å². The van der Waals surface area contributed by atoms with E-state index in [9.17, 15) is 0 Å². The Labute approximate surface area is 76.2 Å². The molecule has 1 radical (unpaired) electrons. The predicted octanol–water partition coefficient (Wildman–Crippen LogP) is 2.89. The van der Waals surface area contributed by atoms with Gasteiger partial charge in [-0.3, -0.25) is 0 Å². The van der Waals surface area contributed by atoms with Crippen LogP contribution in [0.25, 0.3) is 0 Å². The van der Waals surface area contributed by atoms with E-state index in [1.54, 1.807) is 0 Å². The highest BCUT2D eigenvalue weighted by Crippen LogP contribution is 2.11. The van der Waals surface area contributed by atoms with Gasteiger partial charge in [0.15, 0.2) is 0 Å². The number of rotatable bonds is 4. The number of unbranched alkanes of at least 4 members (excludes halogenated alkanes) is 1. The summed E-state index contributed by atoms with van der Waals surface area (Å²) < 4.78 is 0. The van der Waals surface area contributed by atoms with Crippen LogP contribution >= 0.6 is 0 Å². The third-order valence-corrected chi connectivity index (χ3v) is 2.36. The number of nitrogens with zero attached hydrogens (tertiary/aromatic N) is 1. The Balaban J connectivity index is 2.04. The summed E-state index contributed by atoms with van der Waals surface area (Å²) in [5.74, 6) is 0. The van der Waals surface area contributed by atoms with Gasteiger partial charge in [0.2, 0.25) is 0 Å². The number of piperidine rings is 1. The molecule has 1 saturated heterocycles. The molecule has 1 aliphatic heterocycles. The first-order chi connectivity index (χ1) is 5.93. The van der Waals surface area contributed by atoms with Crippen molar-refractivity contribution < 1.29 is 0 Å². The average molecular weight is 166 g/mol. The predicted molar refractivity (Wildman–Crippen MR) is 53.3 cm³/mol. The zero-order valence-corrected chi connectivity index (χ0v) is 8.13. The van der Waals surface area contributed by atoms with E-state index in [0.29, 0.717) is 6.04 Å². The van der Waals surface area contributed by atoms with Gasteiger partial charge >= 0.3 is 0 Å². The lowest BCUT2D eigenvalue weighted by Crippen LogP contribution is -2.26. The summed E-state index contributed by atoms with van der Waals surface area (Å²) in [4.78, 5) is 0. The molecule has 0 N–H and O–H groups in total. The molecule has 1 atom stereocenters. The molecule has 1 aliphatic rings. The molecule has 0 amide bonds. The Bertz CT molecular complexity index is 123. The largest absolute Gasteiger partial charge is 0.238 e. The van der Waals surface area contributed by atoms with Crippen molar-refractivity contribution in [2.24, 2.45) is 0 Å². The molecule has 0 bridgehead atoms. The van der Waals surface area contributed by atoms with E-state index < -0.39 is 0 Å². The van der Waals surface area contributed by atoms with Gasteiger partial charge in [-0.2, -0.15) is 0 Å². The lowest BCUT2D eigenvalue weighted by molar-refractivity contribution is 0.395. The second-order valence-electron chi connectivity index (χ2n) is 3.55. The zero-order chi connectivity index (χ0) is 8.65. The summed E-state index contributed by atoms with van der Waals surface area (Å²) in [5.41, 5.74) is 0. The first kappa shape index (κ1) is 9.79. The van der Waals surface area contributed by atoms with Crippen molar-refractivity contribution in [1.29, 1.82) is 0 Å². The normalized spacial score (nSPS) is 24.9. The summed E-state index contributed by atoms with van der Waals surface area (Å²) in [5, 5.41) is 4.58. The van der Waals surface area contributed by atoms with Crippen molar-refractivity contribution in [3.05, 3.63) is 12.2 Å². The zero-order valence-electron chi connectivity index (χ0n) is 8.13. The molecule has 0 aliphatic carbocycles. The van der Waals surface area contributed by atoms with Crippen molar-refractivity contribution in [2.75, 3.05) is 6.54 Å². The molecule has 0 aromatic rings. The topological polar surface area (TPSA) is 14.1 Å². The van der Waals surface area contributed by atoms with E-state index in [1.165, 1.54) is 38.5 Å². The fourth-order valence-electron chi connectivity index (χ4n) is 1.59. The molecule has 1 heteroatoms. The quantitative estimate of drug-likeness (QED) is 0.570. The summed E-state index contributed by atoms with van der Waals surface area (Å²) >= 11 is 0. The first-order valence-electron chi connectivity index (χ1n) is 5.25. The van der Waals surface area contributed by atoms with Crippen LogP contribution in [0.2, 0.25) is 0 Å². The van der Waals surface area contributed by atoms with Gasteiger partial charge in [0, 0.05) is 12.6 Å². The number of hydrogen-bond donors (Lipinski definition) is 0. The standard InChI is InChI=1S/C11H20N/c1-2-3-4-5-8-11-9-6-7-10-12-11/h4-5,11H,2-3,6-10H2,1H3. The van der Waals surface area contributed by atoms with Crippen LogP contribution in [0.1, 0.15) is 45.4 Å². The molecule has 0 spiro atoms. The van der Waals surface area contributed by atoms with Crippen LogP contribution in [-0.2, 0) is 0 Å². The molecule has 1 unspecified atom stereocenters. The Morgan fingerprint density at radius 3 is 2.92 bits per heavy atom. The van der Waals surface area contributed by atoms with Crippen LogP contribution in [0.4, 0.5) is 0 Å². The smallest absolute Gasteiger partial charge is 0.0280 e. The molecule has 0 aromatic carbocycles. The van der Waals surface area contributed by atoms with E-state index in [2.05, 4.69) is 24.4 Å². The van der Waals surface area contributed by atoms with Crippen LogP contribution in [0.5, 0.6) is 0 Å². The van der Waals surface area contributed by atoms with Crippen molar-refractivity contribution in [2.45, 2.75) is 51.5 Å². The summed E-state index contributed by atoms with van der Waals surface area (Å²) in [6.07, 6.45) is 12.3. The third-order valence-electron chi connectivity index (χ3n) is 2.36. The summed E-state index contributed by atoms with van der Waals surface area (Å²) in [6.45, 7) is 3.32. The molecule has 1 rings (SSSR count). The van der Waals surface area contributed by atoms with Gasteiger partial charge in [-0.15, -0.1) is 0 Å². The molecule has 0 saturated carbocycles. The maximum atomic E-state index is 4.58. The second-order valence-corrected chi connectivity index (χ2v) is 3.55. The molecular formula is C11H20N. The number of hydrogen-bond acceptors (Lipinski definition) is 0. The number of allylic oxidation sites excluding steroid dienone is 1. The van der Waals surface area contributed by atoms with E-state index >= 15 is 0 Å². The molecule has 0 aromatic heterocycles. The minimum absolute atomic E-state index is 0.645. The van der Waals surface area contributed by atoms with Crippen molar-refractivity contribution in [1.82, 2.24) is 5.32 Å². The molecule has 1 heterocycles. The van der Waals surface area contributed by atoms with Crippen molar-refractivity contribution in [3.63, 3.8) is 0 Å². The van der Waals surface area contributed by atoms with E-state index in [1.807, 2.05) is 0 Å². The van der Waals surface area contributed by atoms with Crippen LogP contribution in [0.3, 0.4) is 0 Å². The monoisotopic (exact) mass is 166 g/mol. The average Bonchev–Trinajstić information content (AvgIpc) is 2.14. The first-order valence-corrected chi connectivity index (χ1v) is 5.25. The Hall–Kier alpha value is -0.300. The van der Waals surface area contributed by atoms with Crippen LogP contribution in [0.15, 0.2) is 12.2 Å². The summed E-state index contributed by atoms with van der Waals surface area (Å²) in [6, 6.07) is 0.645. The van der Waals surface area contributed by atoms with Gasteiger partial charge in [0.1, 0.15) is 0 Å². The van der Waals surface area contributed by atoms with Crippen LogP contribution in [-0.4, -0.2) is 12.6 Å². The molecule has 69 valence electrons. The minimum Gasteiger partial charge on any atom is -0.238 e. The second kappa shape index (κ2) is 6.24. The Kier molecular flexibility index (Phi) is 5.09. The lowest BCUT2D eigenvalue weighted by atomic mass is 10.0. The van der Waals surface area contributed by atoms with E-state index in [-0.39, 0.29) is 0 Å². The van der Waals surface area contributed by atoms with Crippen LogP contribution < -0.4 is 5.32 Å². The highest BCUT2D eigenvalue weighted by atomic mass is 14.9. The van der Waals surface area contributed by atoms with Gasteiger partial charge < -0.3 is 0 Å². The molecule has 1 nitrogen and oxygen atoms in total. The SMILES string of the molecule is CCCC=CCC1CCCC[N]1. The third kappa shape index (κ3) is 3.91. The van der Waals surface area contributed by atoms with Gasteiger partial charge in [0.25, 0.3) is 0 Å². The molecule has 1 fully saturated rings. The van der Waals surface area contributed by atoms with Gasteiger partial charge in [-0.25, -0.2) is 5.32 Å².